The van der Waals surface area contributed by atoms with Gasteiger partial charge in [0, 0.05) is 11.8 Å². The Labute approximate surface area is 118 Å². The average molecular weight is 292 g/mol. The Morgan fingerprint density at radius 1 is 1.00 bits per heavy atom. The number of nitrogens with one attached hydrogen (secondary N) is 1. The highest BCUT2D eigenvalue weighted by molar-refractivity contribution is 6.02. The molecule has 2 aromatic rings. The molecule has 2 aromatic carbocycles. The fourth-order valence-corrected chi connectivity index (χ4v) is 1.58. The molecule has 1 amide bonds. The molecular formula is C15H11F3N2O. The van der Waals surface area contributed by atoms with Crippen molar-refractivity contribution in [1.29, 1.82) is 0 Å². The van der Waals surface area contributed by atoms with Crippen LogP contribution in [0.1, 0.15) is 5.56 Å². The third-order valence-corrected chi connectivity index (χ3v) is 2.66. The summed E-state index contributed by atoms with van der Waals surface area (Å²) >= 11 is 0. The number of rotatable bonds is 3. The van der Waals surface area contributed by atoms with Gasteiger partial charge in [0.15, 0.2) is 17.5 Å². The van der Waals surface area contributed by atoms with E-state index < -0.39 is 29.0 Å². The summed E-state index contributed by atoms with van der Waals surface area (Å²) in [7, 11) is 0. The van der Waals surface area contributed by atoms with Crippen LogP contribution in [0.2, 0.25) is 0 Å². The molecule has 0 spiro atoms. The van der Waals surface area contributed by atoms with E-state index in [0.29, 0.717) is 11.3 Å². The first-order valence-electron chi connectivity index (χ1n) is 5.95. The number of anilines is 2. The van der Waals surface area contributed by atoms with Gasteiger partial charge in [0.25, 0.3) is 0 Å². The molecule has 0 aliphatic heterocycles. The Hall–Kier alpha value is -2.76. The number of carbonyl (C=O) groups excluding carboxylic acids is 1. The molecule has 21 heavy (non-hydrogen) atoms. The van der Waals surface area contributed by atoms with E-state index in [0.717, 1.165) is 18.2 Å². The number of hydrogen-bond acceptors (Lipinski definition) is 2. The van der Waals surface area contributed by atoms with Crippen LogP contribution in [0, 0.1) is 17.5 Å². The van der Waals surface area contributed by atoms with Gasteiger partial charge in [0.05, 0.1) is 5.69 Å². The van der Waals surface area contributed by atoms with E-state index in [-0.39, 0.29) is 0 Å². The monoisotopic (exact) mass is 292 g/mol. The summed E-state index contributed by atoms with van der Waals surface area (Å²) in [5, 5.41) is 2.13. The van der Waals surface area contributed by atoms with Gasteiger partial charge in [-0.1, -0.05) is 12.1 Å². The number of amides is 1. The van der Waals surface area contributed by atoms with Crippen LogP contribution in [-0.2, 0) is 4.79 Å². The van der Waals surface area contributed by atoms with Crippen molar-refractivity contribution in [3.05, 3.63) is 65.5 Å². The van der Waals surface area contributed by atoms with Gasteiger partial charge in [0.1, 0.15) is 0 Å². The van der Waals surface area contributed by atoms with Crippen molar-refractivity contribution in [1.82, 2.24) is 0 Å². The zero-order valence-corrected chi connectivity index (χ0v) is 10.7. The molecule has 0 radical (unpaired) electrons. The molecular weight excluding hydrogens is 281 g/mol. The van der Waals surface area contributed by atoms with E-state index in [4.69, 9.17) is 5.73 Å². The molecule has 108 valence electrons. The number of nitrogen functional groups attached to an aromatic ring is 1. The number of carbonyl (C=O) groups is 1. The first kappa shape index (κ1) is 14.6. The summed E-state index contributed by atoms with van der Waals surface area (Å²) in [5.41, 5.74) is 6.38. The first-order chi connectivity index (χ1) is 9.97. The minimum absolute atomic E-state index is 0.430. The third kappa shape index (κ3) is 3.62. The van der Waals surface area contributed by atoms with E-state index in [9.17, 15) is 18.0 Å². The highest BCUT2D eigenvalue weighted by Gasteiger charge is 2.14. The lowest BCUT2D eigenvalue weighted by molar-refractivity contribution is -0.111. The highest BCUT2D eigenvalue weighted by atomic mass is 19.2. The Morgan fingerprint density at radius 3 is 2.33 bits per heavy atom. The fraction of sp³-hybridized carbons (Fsp3) is 0. The predicted molar refractivity (Wildman–Crippen MR) is 74.8 cm³/mol. The van der Waals surface area contributed by atoms with Crippen LogP contribution in [0.4, 0.5) is 24.5 Å². The lowest BCUT2D eigenvalue weighted by Gasteiger charge is -2.04. The molecule has 3 nitrogen and oxygen atoms in total. The molecule has 0 aliphatic carbocycles. The Balaban J connectivity index is 2.08. The Kier molecular flexibility index (Phi) is 4.27. The van der Waals surface area contributed by atoms with E-state index in [1.54, 1.807) is 24.3 Å². The van der Waals surface area contributed by atoms with Crippen LogP contribution in [0.25, 0.3) is 6.08 Å². The molecule has 0 aromatic heterocycles. The largest absolute Gasteiger partial charge is 0.399 e. The van der Waals surface area contributed by atoms with Gasteiger partial charge < -0.3 is 11.1 Å². The van der Waals surface area contributed by atoms with Gasteiger partial charge in [-0.3, -0.25) is 4.79 Å². The topological polar surface area (TPSA) is 55.1 Å². The maximum atomic E-state index is 13.4. The SMILES string of the molecule is Nc1ccc(/C=C/C(=O)Nc2ccc(F)c(F)c2F)cc1. The summed E-state index contributed by atoms with van der Waals surface area (Å²) < 4.78 is 39.1. The predicted octanol–water partition coefficient (Wildman–Crippen LogP) is 3.34. The molecule has 6 heteroatoms. The summed E-state index contributed by atoms with van der Waals surface area (Å²) in [6.07, 6.45) is 2.62. The van der Waals surface area contributed by atoms with Crippen LogP contribution >= 0.6 is 0 Å². The highest BCUT2D eigenvalue weighted by Crippen LogP contribution is 2.19. The summed E-state index contributed by atoms with van der Waals surface area (Å²) in [4.78, 5) is 11.6. The maximum absolute atomic E-state index is 13.4. The van der Waals surface area contributed by atoms with Crippen LogP contribution in [-0.4, -0.2) is 5.91 Å². The second-order valence-electron chi connectivity index (χ2n) is 4.21. The van der Waals surface area contributed by atoms with Gasteiger partial charge in [-0.25, -0.2) is 13.2 Å². The molecule has 0 bridgehead atoms. The van der Waals surface area contributed by atoms with Gasteiger partial charge in [-0.15, -0.1) is 0 Å². The molecule has 0 unspecified atom stereocenters. The first-order valence-corrected chi connectivity index (χ1v) is 5.95. The summed E-state index contributed by atoms with van der Waals surface area (Å²) in [5.74, 6) is -5.06. The van der Waals surface area contributed by atoms with E-state index in [1.165, 1.54) is 6.08 Å². The third-order valence-electron chi connectivity index (χ3n) is 2.66. The van der Waals surface area contributed by atoms with Gasteiger partial charge >= 0.3 is 0 Å². The van der Waals surface area contributed by atoms with E-state index in [1.807, 2.05) is 0 Å². The fourth-order valence-electron chi connectivity index (χ4n) is 1.58. The number of hydrogen-bond donors (Lipinski definition) is 2. The standard InChI is InChI=1S/C15H11F3N2O/c16-11-6-7-12(15(18)14(11)17)20-13(21)8-3-9-1-4-10(19)5-2-9/h1-8H,19H2,(H,20,21)/b8-3+. The molecule has 0 aliphatic rings. The number of benzene rings is 2. The maximum Gasteiger partial charge on any atom is 0.248 e. The summed E-state index contributed by atoms with van der Waals surface area (Å²) in [6, 6.07) is 8.38. The van der Waals surface area contributed by atoms with Crippen LogP contribution < -0.4 is 11.1 Å². The molecule has 0 saturated carbocycles. The smallest absolute Gasteiger partial charge is 0.248 e. The second kappa shape index (κ2) is 6.13. The van der Waals surface area contributed by atoms with Crippen molar-refractivity contribution in [3.8, 4) is 0 Å². The minimum atomic E-state index is -1.63. The molecule has 0 atom stereocenters. The second-order valence-corrected chi connectivity index (χ2v) is 4.21. The average Bonchev–Trinajstić information content (AvgIpc) is 2.47. The quantitative estimate of drug-likeness (QED) is 0.518. The zero-order valence-electron chi connectivity index (χ0n) is 10.7. The van der Waals surface area contributed by atoms with Crippen LogP contribution in [0.15, 0.2) is 42.5 Å². The minimum Gasteiger partial charge on any atom is -0.399 e. The van der Waals surface area contributed by atoms with Crippen molar-refractivity contribution < 1.29 is 18.0 Å². The molecule has 3 N–H and O–H groups in total. The normalized spacial score (nSPS) is 10.8. The Bertz CT molecular complexity index is 697. The molecule has 0 saturated heterocycles. The number of halogens is 3. The van der Waals surface area contributed by atoms with Crippen molar-refractivity contribution in [2.24, 2.45) is 0 Å². The van der Waals surface area contributed by atoms with Crippen LogP contribution in [0.3, 0.4) is 0 Å². The Morgan fingerprint density at radius 2 is 1.67 bits per heavy atom. The number of nitrogens with two attached hydrogens (primary N) is 1. The van der Waals surface area contributed by atoms with Crippen LogP contribution in [0.5, 0.6) is 0 Å². The van der Waals surface area contributed by atoms with Crippen molar-refractivity contribution in [3.63, 3.8) is 0 Å². The molecule has 2 rings (SSSR count). The summed E-state index contributed by atoms with van der Waals surface area (Å²) in [6.45, 7) is 0. The lowest BCUT2D eigenvalue weighted by atomic mass is 10.2. The zero-order chi connectivity index (χ0) is 15.4. The van der Waals surface area contributed by atoms with Gasteiger partial charge in [-0.2, -0.15) is 0 Å². The van der Waals surface area contributed by atoms with Crippen molar-refractivity contribution in [2.75, 3.05) is 11.1 Å². The van der Waals surface area contributed by atoms with Crippen molar-refractivity contribution >= 4 is 23.4 Å². The van der Waals surface area contributed by atoms with Crippen molar-refractivity contribution in [2.45, 2.75) is 0 Å². The molecule has 0 fully saturated rings. The lowest BCUT2D eigenvalue weighted by Crippen LogP contribution is -2.10. The van der Waals surface area contributed by atoms with Gasteiger partial charge in [-0.05, 0) is 35.9 Å². The van der Waals surface area contributed by atoms with Gasteiger partial charge in [0.2, 0.25) is 5.91 Å². The van der Waals surface area contributed by atoms with E-state index >= 15 is 0 Å². The van der Waals surface area contributed by atoms with E-state index in [2.05, 4.69) is 5.32 Å². The molecule has 0 heterocycles.